The smallest absolute Gasteiger partial charge is 0.262 e. The average Bonchev–Trinajstić information content (AvgIpc) is 3.10. The summed E-state index contributed by atoms with van der Waals surface area (Å²) >= 11 is 1.40. The minimum atomic E-state index is -0.278. The van der Waals surface area contributed by atoms with Gasteiger partial charge in [0.05, 0.1) is 18.1 Å². The molecule has 6 heteroatoms. The second-order valence-corrected chi connectivity index (χ2v) is 6.79. The summed E-state index contributed by atoms with van der Waals surface area (Å²) in [6, 6.07) is 8.39. The molecular formula is C18H21FN2O2S. The van der Waals surface area contributed by atoms with Gasteiger partial charge in [-0.1, -0.05) is 12.1 Å². The Morgan fingerprint density at radius 2 is 2.00 bits per heavy atom. The van der Waals surface area contributed by atoms with E-state index in [4.69, 9.17) is 4.74 Å². The number of morpholine rings is 1. The molecule has 1 fully saturated rings. The van der Waals surface area contributed by atoms with Crippen molar-refractivity contribution in [1.82, 2.24) is 10.2 Å². The summed E-state index contributed by atoms with van der Waals surface area (Å²) in [4.78, 5) is 15.5. The van der Waals surface area contributed by atoms with Crippen LogP contribution in [0.3, 0.4) is 0 Å². The van der Waals surface area contributed by atoms with Gasteiger partial charge in [-0.05, 0) is 36.1 Å². The van der Waals surface area contributed by atoms with Crippen LogP contribution in [0.5, 0.6) is 0 Å². The summed E-state index contributed by atoms with van der Waals surface area (Å²) in [6.45, 7) is 6.00. The quantitative estimate of drug-likeness (QED) is 0.903. The van der Waals surface area contributed by atoms with Crippen LogP contribution in [0.15, 0.2) is 35.7 Å². The third kappa shape index (κ3) is 4.01. The molecule has 1 saturated heterocycles. The summed E-state index contributed by atoms with van der Waals surface area (Å²) < 4.78 is 18.4. The van der Waals surface area contributed by atoms with Gasteiger partial charge in [-0.25, -0.2) is 4.39 Å². The zero-order valence-electron chi connectivity index (χ0n) is 13.6. The number of carbonyl (C=O) groups excluding carboxylic acids is 1. The molecule has 1 aliphatic heterocycles. The molecule has 1 aliphatic rings. The topological polar surface area (TPSA) is 41.6 Å². The Balaban J connectivity index is 1.63. The van der Waals surface area contributed by atoms with E-state index in [1.165, 1.54) is 23.5 Å². The van der Waals surface area contributed by atoms with E-state index in [2.05, 4.69) is 17.1 Å². The van der Waals surface area contributed by atoms with Crippen molar-refractivity contribution in [2.24, 2.45) is 0 Å². The standard InChI is InChI=1S/C18H21FN2O2S/c1-13(21-7-9-23-10-8-21)12-20-18(22)17-16(6-11-24-17)14-2-4-15(19)5-3-14/h2-6,11,13H,7-10,12H2,1H3,(H,20,22)/t13-/m0/s1. The van der Waals surface area contributed by atoms with Crippen molar-refractivity contribution < 1.29 is 13.9 Å². The average molecular weight is 348 g/mol. The highest BCUT2D eigenvalue weighted by Crippen LogP contribution is 2.28. The van der Waals surface area contributed by atoms with Crippen molar-refractivity contribution >= 4 is 17.2 Å². The largest absolute Gasteiger partial charge is 0.379 e. The highest BCUT2D eigenvalue weighted by atomic mass is 32.1. The van der Waals surface area contributed by atoms with E-state index in [1.54, 1.807) is 12.1 Å². The van der Waals surface area contributed by atoms with Crippen molar-refractivity contribution in [2.75, 3.05) is 32.8 Å². The predicted molar refractivity (Wildman–Crippen MR) is 93.9 cm³/mol. The molecule has 0 aliphatic carbocycles. The van der Waals surface area contributed by atoms with Gasteiger partial charge < -0.3 is 10.1 Å². The first-order valence-electron chi connectivity index (χ1n) is 8.08. The molecule has 3 rings (SSSR count). The van der Waals surface area contributed by atoms with Crippen LogP contribution in [0.4, 0.5) is 4.39 Å². The lowest BCUT2D eigenvalue weighted by Gasteiger charge is -2.32. The first kappa shape index (κ1) is 17.1. The molecule has 1 aromatic heterocycles. The highest BCUT2D eigenvalue weighted by molar-refractivity contribution is 7.12. The van der Waals surface area contributed by atoms with Crippen LogP contribution >= 0.6 is 11.3 Å². The zero-order chi connectivity index (χ0) is 16.9. The number of nitrogens with zero attached hydrogens (tertiary/aromatic N) is 1. The van der Waals surface area contributed by atoms with Crippen LogP contribution < -0.4 is 5.32 Å². The third-order valence-corrected chi connectivity index (χ3v) is 5.17. The molecule has 0 bridgehead atoms. The van der Waals surface area contributed by atoms with Crippen molar-refractivity contribution in [2.45, 2.75) is 13.0 Å². The van der Waals surface area contributed by atoms with Gasteiger partial charge in [0.15, 0.2) is 0 Å². The Bertz CT molecular complexity index is 681. The fourth-order valence-corrected chi connectivity index (χ4v) is 3.64. The highest BCUT2D eigenvalue weighted by Gasteiger charge is 2.19. The van der Waals surface area contributed by atoms with E-state index in [0.717, 1.165) is 37.4 Å². The Hall–Kier alpha value is -1.76. The molecule has 2 aromatic rings. The van der Waals surface area contributed by atoms with Crippen LogP contribution in [-0.4, -0.2) is 49.7 Å². The number of carbonyl (C=O) groups is 1. The summed E-state index contributed by atoms with van der Waals surface area (Å²) in [6.07, 6.45) is 0. The molecule has 0 radical (unpaired) electrons. The molecule has 128 valence electrons. The van der Waals surface area contributed by atoms with Crippen LogP contribution in [0, 0.1) is 5.82 Å². The molecule has 2 heterocycles. The van der Waals surface area contributed by atoms with Crippen molar-refractivity contribution in [3.63, 3.8) is 0 Å². The number of rotatable bonds is 5. The molecule has 0 spiro atoms. The molecule has 0 unspecified atom stereocenters. The van der Waals surface area contributed by atoms with E-state index in [1.807, 2.05) is 11.4 Å². The monoisotopic (exact) mass is 348 g/mol. The molecule has 4 nitrogen and oxygen atoms in total. The maximum Gasteiger partial charge on any atom is 0.262 e. The number of benzene rings is 1. The van der Waals surface area contributed by atoms with Crippen molar-refractivity contribution in [3.8, 4) is 11.1 Å². The first-order valence-corrected chi connectivity index (χ1v) is 8.96. The van der Waals surface area contributed by atoms with Crippen LogP contribution in [0.1, 0.15) is 16.6 Å². The van der Waals surface area contributed by atoms with Gasteiger partial charge in [0.2, 0.25) is 0 Å². The molecule has 1 aromatic carbocycles. The van der Waals surface area contributed by atoms with Crippen molar-refractivity contribution in [1.29, 1.82) is 0 Å². The fraction of sp³-hybridized carbons (Fsp3) is 0.389. The summed E-state index contributed by atoms with van der Waals surface area (Å²) in [7, 11) is 0. The first-order chi connectivity index (χ1) is 11.6. The lowest BCUT2D eigenvalue weighted by atomic mass is 10.1. The van der Waals surface area contributed by atoms with E-state index in [0.29, 0.717) is 11.4 Å². The number of amides is 1. The number of hydrogen-bond donors (Lipinski definition) is 1. The van der Waals surface area contributed by atoms with Gasteiger partial charge in [-0.2, -0.15) is 0 Å². The Kier molecular flexibility index (Phi) is 5.60. The minimum Gasteiger partial charge on any atom is -0.379 e. The maximum atomic E-state index is 13.1. The van der Waals surface area contributed by atoms with Gasteiger partial charge in [-0.3, -0.25) is 9.69 Å². The fourth-order valence-electron chi connectivity index (χ4n) is 2.81. The Morgan fingerprint density at radius 3 is 2.71 bits per heavy atom. The van der Waals surface area contributed by atoms with Gasteiger partial charge in [0, 0.05) is 31.2 Å². The maximum absolute atomic E-state index is 13.1. The van der Waals surface area contributed by atoms with Crippen LogP contribution in [0.2, 0.25) is 0 Å². The SMILES string of the molecule is C[C@@H](CNC(=O)c1sccc1-c1ccc(F)cc1)N1CCOCC1. The Morgan fingerprint density at radius 1 is 1.29 bits per heavy atom. The van der Waals surface area contributed by atoms with Crippen LogP contribution in [0.25, 0.3) is 11.1 Å². The lowest BCUT2D eigenvalue weighted by molar-refractivity contribution is 0.0204. The number of nitrogens with one attached hydrogen (secondary N) is 1. The van der Waals surface area contributed by atoms with Gasteiger partial charge in [0.1, 0.15) is 5.82 Å². The predicted octanol–water partition coefficient (Wildman–Crippen LogP) is 3.00. The van der Waals surface area contributed by atoms with Crippen LogP contribution in [-0.2, 0) is 4.74 Å². The number of halogens is 1. The van der Waals surface area contributed by atoms with E-state index < -0.39 is 0 Å². The van der Waals surface area contributed by atoms with Gasteiger partial charge in [-0.15, -0.1) is 11.3 Å². The zero-order valence-corrected chi connectivity index (χ0v) is 14.4. The summed E-state index contributed by atoms with van der Waals surface area (Å²) in [5.74, 6) is -0.358. The van der Waals surface area contributed by atoms with E-state index in [9.17, 15) is 9.18 Å². The number of hydrogen-bond acceptors (Lipinski definition) is 4. The molecule has 1 N–H and O–H groups in total. The van der Waals surface area contributed by atoms with Gasteiger partial charge in [0.25, 0.3) is 5.91 Å². The Labute approximate surface area is 145 Å². The van der Waals surface area contributed by atoms with E-state index >= 15 is 0 Å². The molecule has 1 amide bonds. The molecule has 0 saturated carbocycles. The molecule has 1 atom stereocenters. The van der Waals surface area contributed by atoms with Gasteiger partial charge >= 0.3 is 0 Å². The lowest BCUT2D eigenvalue weighted by Crippen LogP contribution is -2.47. The summed E-state index contributed by atoms with van der Waals surface area (Å²) in [5.41, 5.74) is 1.69. The molecular weight excluding hydrogens is 327 g/mol. The summed E-state index contributed by atoms with van der Waals surface area (Å²) in [5, 5.41) is 4.91. The van der Waals surface area contributed by atoms with Crippen molar-refractivity contribution in [3.05, 3.63) is 46.4 Å². The third-order valence-electron chi connectivity index (χ3n) is 4.25. The molecule has 24 heavy (non-hydrogen) atoms. The second kappa shape index (κ2) is 7.88. The normalized spacial score (nSPS) is 16.8. The second-order valence-electron chi connectivity index (χ2n) is 5.88. The number of ether oxygens (including phenoxy) is 1. The minimum absolute atomic E-state index is 0.0792. The van der Waals surface area contributed by atoms with E-state index in [-0.39, 0.29) is 17.8 Å². The number of thiophene rings is 1.